The van der Waals surface area contributed by atoms with Crippen LogP contribution in [0, 0.1) is 17.1 Å². The SMILES string of the molecule is N#Cc1ccc(NC(=O)CCc2ccc(F)cc2)nc1. The standard InChI is InChI=1S/C15H12FN3O/c16-13-5-1-11(2-6-13)4-8-15(20)19-14-7-3-12(9-17)10-18-14/h1-3,5-7,10H,4,8H2,(H,18,19,20). The summed E-state index contributed by atoms with van der Waals surface area (Å²) in [5.74, 6) is -0.0559. The predicted molar refractivity (Wildman–Crippen MR) is 72.3 cm³/mol. The maximum Gasteiger partial charge on any atom is 0.225 e. The summed E-state index contributed by atoms with van der Waals surface area (Å²) in [6.07, 6.45) is 2.21. The second-order valence-electron chi connectivity index (χ2n) is 4.22. The van der Waals surface area contributed by atoms with E-state index in [1.54, 1.807) is 24.3 Å². The van der Waals surface area contributed by atoms with E-state index in [9.17, 15) is 9.18 Å². The van der Waals surface area contributed by atoms with E-state index in [1.165, 1.54) is 18.3 Å². The van der Waals surface area contributed by atoms with Crippen molar-refractivity contribution in [1.82, 2.24) is 4.98 Å². The number of aromatic nitrogens is 1. The first kappa shape index (κ1) is 13.7. The Bertz CT molecular complexity index is 630. The van der Waals surface area contributed by atoms with Crippen molar-refractivity contribution in [2.24, 2.45) is 0 Å². The van der Waals surface area contributed by atoms with Crippen LogP contribution in [0.15, 0.2) is 42.6 Å². The number of hydrogen-bond acceptors (Lipinski definition) is 3. The van der Waals surface area contributed by atoms with Crippen molar-refractivity contribution in [3.8, 4) is 6.07 Å². The first-order valence-corrected chi connectivity index (χ1v) is 6.08. The van der Waals surface area contributed by atoms with Gasteiger partial charge in [0.05, 0.1) is 5.56 Å². The van der Waals surface area contributed by atoms with Crippen molar-refractivity contribution in [3.63, 3.8) is 0 Å². The largest absolute Gasteiger partial charge is 0.311 e. The molecule has 1 aromatic heterocycles. The number of hydrogen-bond donors (Lipinski definition) is 1. The van der Waals surface area contributed by atoms with Gasteiger partial charge in [-0.3, -0.25) is 4.79 Å². The average Bonchev–Trinajstić information content (AvgIpc) is 2.47. The van der Waals surface area contributed by atoms with Gasteiger partial charge in [-0.15, -0.1) is 0 Å². The van der Waals surface area contributed by atoms with Gasteiger partial charge in [0.2, 0.25) is 5.91 Å². The van der Waals surface area contributed by atoms with Crippen molar-refractivity contribution in [2.75, 3.05) is 5.32 Å². The van der Waals surface area contributed by atoms with Crippen LogP contribution >= 0.6 is 0 Å². The number of rotatable bonds is 4. The summed E-state index contributed by atoms with van der Waals surface area (Å²) in [5.41, 5.74) is 1.34. The van der Waals surface area contributed by atoms with E-state index in [0.717, 1.165) is 5.56 Å². The maximum atomic E-state index is 12.7. The third-order valence-corrected chi connectivity index (χ3v) is 2.71. The van der Waals surface area contributed by atoms with Gasteiger partial charge in [-0.25, -0.2) is 9.37 Å². The van der Waals surface area contributed by atoms with Gasteiger partial charge in [-0.05, 0) is 36.2 Å². The molecule has 1 heterocycles. The van der Waals surface area contributed by atoms with Gasteiger partial charge in [0.25, 0.3) is 0 Å². The molecule has 2 aromatic rings. The number of halogens is 1. The van der Waals surface area contributed by atoms with Gasteiger partial charge in [-0.1, -0.05) is 12.1 Å². The Labute approximate surface area is 115 Å². The van der Waals surface area contributed by atoms with E-state index < -0.39 is 0 Å². The summed E-state index contributed by atoms with van der Waals surface area (Å²) in [7, 11) is 0. The van der Waals surface area contributed by atoms with Gasteiger partial charge in [0, 0.05) is 12.6 Å². The second-order valence-corrected chi connectivity index (χ2v) is 4.22. The fourth-order valence-corrected chi connectivity index (χ4v) is 1.65. The number of amides is 1. The van der Waals surface area contributed by atoms with E-state index in [0.29, 0.717) is 17.8 Å². The summed E-state index contributed by atoms with van der Waals surface area (Å²) in [4.78, 5) is 15.7. The minimum atomic E-state index is -0.292. The van der Waals surface area contributed by atoms with Gasteiger partial charge in [-0.2, -0.15) is 5.26 Å². The zero-order valence-electron chi connectivity index (χ0n) is 10.6. The lowest BCUT2D eigenvalue weighted by Crippen LogP contribution is -2.13. The molecule has 4 nitrogen and oxygen atoms in total. The Balaban J connectivity index is 1.86. The molecule has 20 heavy (non-hydrogen) atoms. The van der Waals surface area contributed by atoms with E-state index in [4.69, 9.17) is 5.26 Å². The number of aryl methyl sites for hydroxylation is 1. The Morgan fingerprint density at radius 3 is 2.60 bits per heavy atom. The third kappa shape index (κ3) is 3.89. The number of benzene rings is 1. The number of nitriles is 1. The molecule has 0 aliphatic heterocycles. The molecule has 1 amide bonds. The maximum absolute atomic E-state index is 12.7. The molecule has 5 heteroatoms. The van der Waals surface area contributed by atoms with Crippen molar-refractivity contribution in [1.29, 1.82) is 5.26 Å². The van der Waals surface area contributed by atoms with Gasteiger partial charge < -0.3 is 5.32 Å². The highest BCUT2D eigenvalue weighted by Crippen LogP contribution is 2.08. The first-order chi connectivity index (χ1) is 9.67. The van der Waals surface area contributed by atoms with E-state index in [1.807, 2.05) is 6.07 Å². The lowest BCUT2D eigenvalue weighted by molar-refractivity contribution is -0.116. The number of carbonyl (C=O) groups excluding carboxylic acids is 1. The first-order valence-electron chi connectivity index (χ1n) is 6.08. The van der Waals surface area contributed by atoms with Gasteiger partial charge in [0.15, 0.2) is 0 Å². The topological polar surface area (TPSA) is 65.8 Å². The molecular weight excluding hydrogens is 257 g/mol. The Kier molecular flexibility index (Phi) is 4.40. The van der Waals surface area contributed by atoms with Crippen molar-refractivity contribution >= 4 is 11.7 Å². The minimum Gasteiger partial charge on any atom is -0.311 e. The van der Waals surface area contributed by atoms with E-state index >= 15 is 0 Å². The van der Waals surface area contributed by atoms with Crippen LogP contribution < -0.4 is 5.32 Å². The molecule has 0 spiro atoms. The van der Waals surface area contributed by atoms with Crippen molar-refractivity contribution in [3.05, 3.63) is 59.5 Å². The van der Waals surface area contributed by atoms with Crippen LogP contribution in [0.3, 0.4) is 0 Å². The highest BCUT2D eigenvalue weighted by molar-refractivity contribution is 5.89. The lowest BCUT2D eigenvalue weighted by Gasteiger charge is -2.04. The van der Waals surface area contributed by atoms with Crippen molar-refractivity contribution < 1.29 is 9.18 Å². The number of anilines is 1. The van der Waals surface area contributed by atoms with Crippen LogP contribution in [-0.2, 0) is 11.2 Å². The minimum absolute atomic E-state index is 0.175. The molecule has 0 atom stereocenters. The summed E-state index contributed by atoms with van der Waals surface area (Å²) in [5, 5.41) is 11.3. The van der Waals surface area contributed by atoms with Crippen molar-refractivity contribution in [2.45, 2.75) is 12.8 Å². The molecule has 2 rings (SSSR count). The second kappa shape index (κ2) is 6.43. The zero-order valence-corrected chi connectivity index (χ0v) is 10.6. The molecule has 0 fully saturated rings. The molecule has 0 aliphatic carbocycles. The molecule has 0 unspecified atom stereocenters. The van der Waals surface area contributed by atoms with E-state index in [-0.39, 0.29) is 18.1 Å². The monoisotopic (exact) mass is 269 g/mol. The van der Waals surface area contributed by atoms with Crippen LogP contribution in [0.4, 0.5) is 10.2 Å². The normalized spacial score (nSPS) is 9.80. The number of carbonyl (C=O) groups is 1. The molecule has 0 aliphatic rings. The summed E-state index contributed by atoms with van der Waals surface area (Å²) in [6.45, 7) is 0. The zero-order chi connectivity index (χ0) is 14.4. The van der Waals surface area contributed by atoms with Crippen LogP contribution in [0.5, 0.6) is 0 Å². The molecule has 0 saturated heterocycles. The molecule has 0 bridgehead atoms. The van der Waals surface area contributed by atoms with Gasteiger partial charge >= 0.3 is 0 Å². The van der Waals surface area contributed by atoms with Crippen LogP contribution in [0.25, 0.3) is 0 Å². The van der Waals surface area contributed by atoms with Crippen LogP contribution in [0.2, 0.25) is 0 Å². The molecular formula is C15H12FN3O. The fraction of sp³-hybridized carbons (Fsp3) is 0.133. The Hall–Kier alpha value is -2.74. The molecule has 1 aromatic carbocycles. The number of pyridine rings is 1. The van der Waals surface area contributed by atoms with E-state index in [2.05, 4.69) is 10.3 Å². The van der Waals surface area contributed by atoms with Crippen LogP contribution in [-0.4, -0.2) is 10.9 Å². The third-order valence-electron chi connectivity index (χ3n) is 2.71. The average molecular weight is 269 g/mol. The predicted octanol–water partition coefficient (Wildman–Crippen LogP) is 2.66. The summed E-state index contributed by atoms with van der Waals surface area (Å²) < 4.78 is 12.7. The Morgan fingerprint density at radius 1 is 1.25 bits per heavy atom. The van der Waals surface area contributed by atoms with Gasteiger partial charge in [0.1, 0.15) is 17.7 Å². The quantitative estimate of drug-likeness (QED) is 0.928. The summed E-state index contributed by atoms with van der Waals surface area (Å²) >= 11 is 0. The fourth-order valence-electron chi connectivity index (χ4n) is 1.65. The highest BCUT2D eigenvalue weighted by Gasteiger charge is 2.04. The number of nitrogens with zero attached hydrogens (tertiary/aromatic N) is 2. The smallest absolute Gasteiger partial charge is 0.225 e. The molecule has 0 saturated carbocycles. The molecule has 0 radical (unpaired) electrons. The summed E-state index contributed by atoms with van der Waals surface area (Å²) in [6, 6.07) is 11.2. The molecule has 100 valence electrons. The Morgan fingerprint density at radius 2 is 2.00 bits per heavy atom. The lowest BCUT2D eigenvalue weighted by atomic mass is 10.1. The number of nitrogens with one attached hydrogen (secondary N) is 1. The van der Waals surface area contributed by atoms with Crippen LogP contribution in [0.1, 0.15) is 17.5 Å². The highest BCUT2D eigenvalue weighted by atomic mass is 19.1. The molecule has 1 N–H and O–H groups in total.